The van der Waals surface area contributed by atoms with E-state index in [9.17, 15) is 9.59 Å². The third-order valence-corrected chi connectivity index (χ3v) is 3.57. The van der Waals surface area contributed by atoms with Gasteiger partial charge in [0.15, 0.2) is 0 Å². The van der Waals surface area contributed by atoms with Gasteiger partial charge in [0, 0.05) is 6.42 Å². The number of amides is 1. The van der Waals surface area contributed by atoms with Crippen LogP contribution in [0.1, 0.15) is 32.3 Å². The van der Waals surface area contributed by atoms with Crippen molar-refractivity contribution in [3.05, 3.63) is 35.9 Å². The summed E-state index contributed by atoms with van der Waals surface area (Å²) >= 11 is 0. The average Bonchev–Trinajstić information content (AvgIpc) is 2.72. The fourth-order valence-corrected chi connectivity index (χ4v) is 2.75. The van der Waals surface area contributed by atoms with Gasteiger partial charge in [-0.05, 0) is 19.4 Å². The first-order chi connectivity index (χ1) is 10.3. The Hall–Kier alpha value is -2.08. The number of carboxylic acids is 1. The second kappa shape index (κ2) is 6.36. The van der Waals surface area contributed by atoms with Crippen molar-refractivity contribution in [2.75, 3.05) is 6.61 Å². The topological polar surface area (TPSA) is 84.9 Å². The normalized spacial score (nSPS) is 23.0. The lowest BCUT2D eigenvalue weighted by Gasteiger charge is -2.27. The molecule has 1 atom stereocenters. The van der Waals surface area contributed by atoms with Crippen LogP contribution in [0.4, 0.5) is 4.79 Å². The predicted molar refractivity (Wildman–Crippen MR) is 79.4 cm³/mol. The molecule has 6 nitrogen and oxygen atoms in total. The summed E-state index contributed by atoms with van der Waals surface area (Å²) in [6.45, 7) is 4.04. The Morgan fingerprint density at radius 3 is 2.55 bits per heavy atom. The first-order valence-corrected chi connectivity index (χ1v) is 7.15. The molecule has 6 heteroatoms. The molecule has 1 amide bonds. The lowest BCUT2D eigenvalue weighted by molar-refractivity contribution is -0.138. The zero-order valence-electron chi connectivity index (χ0n) is 12.8. The Labute approximate surface area is 129 Å². The average molecular weight is 307 g/mol. The van der Waals surface area contributed by atoms with Crippen molar-refractivity contribution >= 4 is 12.1 Å². The van der Waals surface area contributed by atoms with E-state index in [-0.39, 0.29) is 19.6 Å². The molecule has 0 radical (unpaired) electrons. The molecule has 22 heavy (non-hydrogen) atoms. The van der Waals surface area contributed by atoms with Gasteiger partial charge in [0.05, 0.1) is 24.2 Å². The maximum Gasteiger partial charge on any atom is 0.407 e. The summed E-state index contributed by atoms with van der Waals surface area (Å²) in [5.41, 5.74) is -0.529. The molecule has 1 heterocycles. The molecule has 1 aromatic carbocycles. The van der Waals surface area contributed by atoms with E-state index in [1.807, 2.05) is 44.2 Å². The second-order valence-corrected chi connectivity index (χ2v) is 6.26. The molecular weight excluding hydrogens is 286 g/mol. The van der Waals surface area contributed by atoms with E-state index in [1.54, 1.807) is 0 Å². The molecule has 0 spiro atoms. The van der Waals surface area contributed by atoms with Crippen molar-refractivity contribution in [1.82, 2.24) is 5.32 Å². The van der Waals surface area contributed by atoms with Crippen LogP contribution in [-0.4, -0.2) is 34.9 Å². The minimum absolute atomic E-state index is 0.139. The molecule has 1 saturated heterocycles. The molecule has 1 unspecified atom stereocenters. The molecule has 1 aliphatic rings. The van der Waals surface area contributed by atoms with Crippen LogP contribution in [0.3, 0.4) is 0 Å². The zero-order chi connectivity index (χ0) is 16.2. The van der Waals surface area contributed by atoms with E-state index in [4.69, 9.17) is 14.6 Å². The van der Waals surface area contributed by atoms with E-state index < -0.39 is 23.2 Å². The Kier molecular flexibility index (Phi) is 4.71. The molecule has 120 valence electrons. The third-order valence-electron chi connectivity index (χ3n) is 3.57. The van der Waals surface area contributed by atoms with Crippen LogP contribution in [0, 0.1) is 0 Å². The van der Waals surface area contributed by atoms with Crippen molar-refractivity contribution in [2.45, 2.75) is 44.4 Å². The van der Waals surface area contributed by atoms with Crippen molar-refractivity contribution in [1.29, 1.82) is 0 Å². The molecule has 0 aliphatic carbocycles. The van der Waals surface area contributed by atoms with Crippen molar-refractivity contribution in [3.63, 3.8) is 0 Å². The van der Waals surface area contributed by atoms with Crippen molar-refractivity contribution in [3.8, 4) is 0 Å². The minimum atomic E-state index is -0.982. The number of aliphatic carboxylic acids is 1. The van der Waals surface area contributed by atoms with Gasteiger partial charge in [-0.15, -0.1) is 0 Å². The number of carboxylic acid groups (broad SMARTS) is 1. The lowest BCUT2D eigenvalue weighted by Crippen LogP contribution is -2.51. The number of hydrogen-bond donors (Lipinski definition) is 2. The van der Waals surface area contributed by atoms with Gasteiger partial charge >= 0.3 is 12.1 Å². The van der Waals surface area contributed by atoms with Gasteiger partial charge < -0.3 is 19.9 Å². The summed E-state index contributed by atoms with van der Waals surface area (Å²) in [6.07, 6.45) is -0.407. The highest BCUT2D eigenvalue weighted by Crippen LogP contribution is 2.35. The smallest absolute Gasteiger partial charge is 0.407 e. The van der Waals surface area contributed by atoms with Gasteiger partial charge in [-0.25, -0.2) is 4.79 Å². The highest BCUT2D eigenvalue weighted by molar-refractivity contribution is 5.73. The van der Waals surface area contributed by atoms with Crippen LogP contribution in [0.5, 0.6) is 0 Å². The summed E-state index contributed by atoms with van der Waals surface area (Å²) in [5.74, 6) is -0.982. The number of carbonyl (C=O) groups is 2. The quantitative estimate of drug-likeness (QED) is 0.872. The number of rotatable bonds is 5. The van der Waals surface area contributed by atoms with E-state index >= 15 is 0 Å². The van der Waals surface area contributed by atoms with Gasteiger partial charge in [-0.3, -0.25) is 4.79 Å². The first kappa shape index (κ1) is 16.3. The van der Waals surface area contributed by atoms with Crippen LogP contribution in [0.15, 0.2) is 30.3 Å². The highest BCUT2D eigenvalue weighted by atomic mass is 16.6. The van der Waals surface area contributed by atoms with E-state index in [2.05, 4.69) is 5.32 Å². The Bertz CT molecular complexity index is 543. The van der Waals surface area contributed by atoms with Crippen LogP contribution in [0.2, 0.25) is 0 Å². The molecule has 2 N–H and O–H groups in total. The number of benzene rings is 1. The molecule has 0 aromatic heterocycles. The van der Waals surface area contributed by atoms with Crippen LogP contribution < -0.4 is 5.32 Å². The van der Waals surface area contributed by atoms with Gasteiger partial charge in [-0.2, -0.15) is 0 Å². The number of carbonyl (C=O) groups excluding carboxylic acids is 1. The molecule has 1 fully saturated rings. The Morgan fingerprint density at radius 1 is 1.32 bits per heavy atom. The summed E-state index contributed by atoms with van der Waals surface area (Å²) in [6, 6.07) is 9.29. The standard InChI is InChI=1S/C16H21NO5/c1-15(2)10-16(11-22-15,8-13(18)19)17-14(20)21-9-12-6-4-3-5-7-12/h3-7H,8-11H2,1-2H3,(H,17,20)(H,18,19). The number of hydrogen-bond acceptors (Lipinski definition) is 4. The predicted octanol–water partition coefficient (Wildman–Crippen LogP) is 2.33. The first-order valence-electron chi connectivity index (χ1n) is 7.15. The van der Waals surface area contributed by atoms with Crippen molar-refractivity contribution < 1.29 is 24.2 Å². The second-order valence-electron chi connectivity index (χ2n) is 6.26. The molecule has 1 aromatic rings. The molecule has 1 aliphatic heterocycles. The number of nitrogens with one attached hydrogen (secondary N) is 1. The Balaban J connectivity index is 1.95. The van der Waals surface area contributed by atoms with E-state index in [1.165, 1.54) is 0 Å². The lowest BCUT2D eigenvalue weighted by atomic mass is 9.87. The SMILES string of the molecule is CC1(C)CC(CC(=O)O)(NC(=O)OCc2ccccc2)CO1. The number of alkyl carbamates (subject to hydrolysis) is 1. The maximum atomic E-state index is 12.0. The fourth-order valence-electron chi connectivity index (χ4n) is 2.75. The Morgan fingerprint density at radius 2 is 2.00 bits per heavy atom. The summed E-state index contributed by atoms with van der Waals surface area (Å²) < 4.78 is 10.8. The van der Waals surface area contributed by atoms with E-state index in [0.29, 0.717) is 6.42 Å². The molecule has 2 rings (SSSR count). The third kappa shape index (κ3) is 4.46. The zero-order valence-corrected chi connectivity index (χ0v) is 12.8. The summed E-state index contributed by atoms with van der Waals surface area (Å²) in [7, 11) is 0. The van der Waals surface area contributed by atoms with Gasteiger partial charge in [-0.1, -0.05) is 30.3 Å². The molecular formula is C16H21NO5. The van der Waals surface area contributed by atoms with Crippen LogP contribution in [-0.2, 0) is 20.9 Å². The minimum Gasteiger partial charge on any atom is -0.481 e. The largest absolute Gasteiger partial charge is 0.481 e. The summed E-state index contributed by atoms with van der Waals surface area (Å²) in [4.78, 5) is 23.1. The fraction of sp³-hybridized carbons (Fsp3) is 0.500. The molecule has 0 saturated carbocycles. The molecule has 0 bridgehead atoms. The highest BCUT2D eigenvalue weighted by Gasteiger charge is 2.47. The van der Waals surface area contributed by atoms with E-state index in [0.717, 1.165) is 5.56 Å². The van der Waals surface area contributed by atoms with Crippen LogP contribution in [0.25, 0.3) is 0 Å². The van der Waals surface area contributed by atoms with Crippen molar-refractivity contribution in [2.24, 2.45) is 0 Å². The maximum absolute atomic E-state index is 12.0. The number of ether oxygens (including phenoxy) is 2. The van der Waals surface area contributed by atoms with Gasteiger partial charge in [0.25, 0.3) is 0 Å². The summed E-state index contributed by atoms with van der Waals surface area (Å²) in [5, 5.41) is 11.8. The van der Waals surface area contributed by atoms with Gasteiger partial charge in [0.2, 0.25) is 0 Å². The van der Waals surface area contributed by atoms with Crippen LogP contribution >= 0.6 is 0 Å². The monoisotopic (exact) mass is 307 g/mol. The van der Waals surface area contributed by atoms with Gasteiger partial charge in [0.1, 0.15) is 6.61 Å².